The molecule has 144 valence electrons. The lowest BCUT2D eigenvalue weighted by atomic mass is 9.96. The van der Waals surface area contributed by atoms with Crippen molar-refractivity contribution in [3.8, 4) is 0 Å². The fourth-order valence-electron chi connectivity index (χ4n) is 3.03. The van der Waals surface area contributed by atoms with Gasteiger partial charge >= 0.3 is 0 Å². The summed E-state index contributed by atoms with van der Waals surface area (Å²) in [6.07, 6.45) is 12.6. The Balaban J connectivity index is 0.00000312. The minimum Gasteiger partial charge on any atom is -0.355 e. The van der Waals surface area contributed by atoms with Crippen LogP contribution in [0.25, 0.3) is 0 Å². The van der Waals surface area contributed by atoms with Crippen molar-refractivity contribution in [3.05, 3.63) is 12.2 Å². The van der Waals surface area contributed by atoms with Crippen LogP contribution in [0.15, 0.2) is 11.3 Å². The summed E-state index contributed by atoms with van der Waals surface area (Å²) < 4.78 is 2.11. The fourth-order valence-corrected chi connectivity index (χ4v) is 3.44. The Bertz CT molecular complexity index is 487. The van der Waals surface area contributed by atoms with Crippen molar-refractivity contribution in [1.82, 2.24) is 25.4 Å². The van der Waals surface area contributed by atoms with E-state index in [1.165, 1.54) is 37.9 Å². The fraction of sp³-hybridized carbons (Fsp3) is 0.824. The molecule has 1 aromatic heterocycles. The van der Waals surface area contributed by atoms with E-state index in [9.17, 15) is 0 Å². The molecule has 0 radical (unpaired) electrons. The van der Waals surface area contributed by atoms with Gasteiger partial charge in [0, 0.05) is 32.1 Å². The third-order valence-corrected chi connectivity index (χ3v) is 5.08. The second kappa shape index (κ2) is 13.7. The van der Waals surface area contributed by atoms with Gasteiger partial charge < -0.3 is 15.2 Å². The molecule has 8 heteroatoms. The Labute approximate surface area is 173 Å². The number of aromatic nitrogens is 3. The monoisotopic (exact) mass is 480 g/mol. The van der Waals surface area contributed by atoms with Gasteiger partial charge in [0.25, 0.3) is 0 Å². The average molecular weight is 480 g/mol. The minimum absolute atomic E-state index is 0. The van der Waals surface area contributed by atoms with Crippen LogP contribution in [0, 0.1) is 0 Å². The van der Waals surface area contributed by atoms with Gasteiger partial charge in [-0.2, -0.15) is 11.8 Å². The highest BCUT2D eigenvalue weighted by Crippen LogP contribution is 2.17. The summed E-state index contributed by atoms with van der Waals surface area (Å²) >= 11 is 1.88. The summed E-state index contributed by atoms with van der Waals surface area (Å²) in [7, 11) is 0. The molecule has 2 rings (SSSR count). The first-order chi connectivity index (χ1) is 11.8. The second-order valence-electron chi connectivity index (χ2n) is 6.28. The number of hydrogen-bond donors (Lipinski definition) is 2. The molecule has 1 heterocycles. The standard InChI is InChI=1S/C17H32N6S.HI/c1-3-16-22-20-14-23(16)12-11-19-17(18-10-7-13-24-2)21-15-8-5-4-6-9-15;/h14-15H,3-13H2,1-2H3,(H2,18,19,21);1H. The first-order valence-corrected chi connectivity index (χ1v) is 10.6. The van der Waals surface area contributed by atoms with E-state index >= 15 is 0 Å². The van der Waals surface area contributed by atoms with Crippen LogP contribution in [0.5, 0.6) is 0 Å². The molecule has 0 aliphatic heterocycles. The van der Waals surface area contributed by atoms with Gasteiger partial charge in [-0.05, 0) is 31.3 Å². The first-order valence-electron chi connectivity index (χ1n) is 9.24. The average Bonchev–Trinajstić information content (AvgIpc) is 3.07. The molecule has 0 atom stereocenters. The Morgan fingerprint density at radius 3 is 2.88 bits per heavy atom. The van der Waals surface area contributed by atoms with Crippen LogP contribution in [0.2, 0.25) is 0 Å². The van der Waals surface area contributed by atoms with E-state index < -0.39 is 0 Å². The van der Waals surface area contributed by atoms with Crippen LogP contribution in [0.4, 0.5) is 0 Å². The Hall–Kier alpha value is -0.510. The van der Waals surface area contributed by atoms with Gasteiger partial charge in [-0.15, -0.1) is 34.2 Å². The maximum atomic E-state index is 4.76. The van der Waals surface area contributed by atoms with Crippen LogP contribution >= 0.6 is 35.7 Å². The van der Waals surface area contributed by atoms with Crippen molar-refractivity contribution < 1.29 is 0 Å². The van der Waals surface area contributed by atoms with Gasteiger partial charge in [-0.3, -0.25) is 4.99 Å². The zero-order valence-corrected chi connectivity index (χ0v) is 18.7. The van der Waals surface area contributed by atoms with Gasteiger partial charge in [0.05, 0.1) is 0 Å². The zero-order valence-electron chi connectivity index (χ0n) is 15.5. The van der Waals surface area contributed by atoms with Gasteiger partial charge in [-0.25, -0.2) is 0 Å². The molecule has 25 heavy (non-hydrogen) atoms. The number of hydrogen-bond acceptors (Lipinski definition) is 4. The lowest BCUT2D eigenvalue weighted by Crippen LogP contribution is -2.45. The summed E-state index contributed by atoms with van der Waals surface area (Å²) in [5.41, 5.74) is 0. The van der Waals surface area contributed by atoms with E-state index in [0.29, 0.717) is 6.04 Å². The minimum atomic E-state index is 0. The summed E-state index contributed by atoms with van der Waals surface area (Å²) in [6, 6.07) is 0.576. The highest BCUT2D eigenvalue weighted by atomic mass is 127. The summed E-state index contributed by atoms with van der Waals surface area (Å²) in [4.78, 5) is 4.76. The third kappa shape index (κ3) is 8.61. The number of thioether (sulfide) groups is 1. The second-order valence-corrected chi connectivity index (χ2v) is 7.26. The molecule has 6 nitrogen and oxygen atoms in total. The molecule has 0 spiro atoms. The molecular formula is C17H33IN6S. The number of rotatable bonds is 9. The Morgan fingerprint density at radius 2 is 2.16 bits per heavy atom. The highest BCUT2D eigenvalue weighted by molar-refractivity contribution is 14.0. The lowest BCUT2D eigenvalue weighted by molar-refractivity contribution is 0.409. The third-order valence-electron chi connectivity index (χ3n) is 4.38. The SMILES string of the molecule is CCc1nncn1CCNC(=NCCCSC)NC1CCCCC1.I. The molecular weight excluding hydrogens is 447 g/mol. The van der Waals surface area contributed by atoms with Gasteiger partial charge in [0.15, 0.2) is 5.96 Å². The summed E-state index contributed by atoms with van der Waals surface area (Å²) in [5, 5.41) is 15.2. The molecule has 0 saturated heterocycles. The number of halogens is 1. The molecule has 1 saturated carbocycles. The van der Waals surface area contributed by atoms with E-state index in [-0.39, 0.29) is 24.0 Å². The largest absolute Gasteiger partial charge is 0.355 e. The molecule has 0 unspecified atom stereocenters. The maximum Gasteiger partial charge on any atom is 0.191 e. The van der Waals surface area contributed by atoms with Crippen molar-refractivity contribution in [1.29, 1.82) is 0 Å². The molecule has 1 fully saturated rings. The van der Waals surface area contributed by atoms with Crippen molar-refractivity contribution in [2.45, 2.75) is 64.5 Å². The molecule has 1 aliphatic carbocycles. The number of aliphatic imine (C=N–C) groups is 1. The predicted octanol–water partition coefficient (Wildman–Crippen LogP) is 3.08. The Morgan fingerprint density at radius 1 is 1.36 bits per heavy atom. The normalized spacial score (nSPS) is 15.7. The molecule has 1 aliphatic rings. The first kappa shape index (κ1) is 22.5. The maximum absolute atomic E-state index is 4.76. The van der Waals surface area contributed by atoms with Gasteiger partial charge in [0.1, 0.15) is 12.2 Å². The molecule has 0 amide bonds. The predicted molar refractivity (Wildman–Crippen MR) is 118 cm³/mol. The van der Waals surface area contributed by atoms with Crippen LogP contribution in [-0.2, 0) is 13.0 Å². The van der Waals surface area contributed by atoms with Crippen molar-refractivity contribution in [2.75, 3.05) is 25.1 Å². The number of nitrogens with zero attached hydrogens (tertiary/aromatic N) is 4. The smallest absolute Gasteiger partial charge is 0.191 e. The number of aryl methyl sites for hydroxylation is 1. The van der Waals surface area contributed by atoms with Crippen molar-refractivity contribution in [2.24, 2.45) is 4.99 Å². The molecule has 2 N–H and O–H groups in total. The van der Waals surface area contributed by atoms with Crippen LogP contribution in [0.3, 0.4) is 0 Å². The van der Waals surface area contributed by atoms with Crippen molar-refractivity contribution >= 4 is 41.7 Å². The summed E-state index contributed by atoms with van der Waals surface area (Å²) in [6.45, 7) is 4.70. The Kier molecular flexibility index (Phi) is 12.3. The molecule has 0 bridgehead atoms. The zero-order chi connectivity index (χ0) is 17.0. The van der Waals surface area contributed by atoms with Crippen LogP contribution < -0.4 is 10.6 Å². The number of guanidine groups is 1. The molecule has 0 aromatic carbocycles. The topological polar surface area (TPSA) is 67.1 Å². The van der Waals surface area contributed by atoms with Crippen LogP contribution in [0.1, 0.15) is 51.3 Å². The summed E-state index contributed by atoms with van der Waals surface area (Å²) in [5.74, 6) is 3.17. The number of nitrogens with one attached hydrogen (secondary N) is 2. The quantitative estimate of drug-likeness (QED) is 0.246. The van der Waals surface area contributed by atoms with E-state index in [4.69, 9.17) is 4.99 Å². The highest BCUT2D eigenvalue weighted by Gasteiger charge is 2.14. The van der Waals surface area contributed by atoms with Gasteiger partial charge in [0.2, 0.25) is 0 Å². The van der Waals surface area contributed by atoms with Gasteiger partial charge in [-0.1, -0.05) is 26.2 Å². The van der Waals surface area contributed by atoms with E-state index in [1.807, 2.05) is 18.1 Å². The van der Waals surface area contributed by atoms with E-state index in [1.54, 1.807) is 0 Å². The van der Waals surface area contributed by atoms with Crippen molar-refractivity contribution in [3.63, 3.8) is 0 Å². The lowest BCUT2D eigenvalue weighted by Gasteiger charge is -2.25. The van der Waals surface area contributed by atoms with Crippen LogP contribution in [-0.4, -0.2) is 51.9 Å². The van der Waals surface area contributed by atoms with E-state index in [2.05, 4.69) is 38.6 Å². The molecule has 1 aromatic rings. The van der Waals surface area contributed by atoms with E-state index in [0.717, 1.165) is 44.3 Å².